The molecule has 0 atom stereocenters. The van der Waals surface area contributed by atoms with E-state index in [1.54, 1.807) is 6.92 Å². The van der Waals surface area contributed by atoms with E-state index in [1.807, 2.05) is 6.07 Å². The quantitative estimate of drug-likeness (QED) is 0.246. The predicted octanol–water partition coefficient (Wildman–Crippen LogP) is 5.17. The average molecular weight is 670 g/mol. The van der Waals surface area contributed by atoms with Crippen molar-refractivity contribution in [3.05, 3.63) is 81.5 Å². The van der Waals surface area contributed by atoms with Crippen LogP contribution in [-0.4, -0.2) is 60.0 Å². The topological polar surface area (TPSA) is 143 Å². The van der Waals surface area contributed by atoms with Crippen molar-refractivity contribution in [2.75, 3.05) is 5.32 Å². The number of nitrogens with zero attached hydrogens (tertiary/aromatic N) is 7. The van der Waals surface area contributed by atoms with Crippen molar-refractivity contribution in [2.24, 2.45) is 0 Å². The molecular weight excluding hydrogens is 651 g/mol. The first-order valence-electron chi connectivity index (χ1n) is 13.1. The highest BCUT2D eigenvalue weighted by molar-refractivity contribution is 6.32. The Bertz CT molecular complexity index is 1860. The molecule has 0 unspecified atom stereocenters. The van der Waals surface area contributed by atoms with Crippen molar-refractivity contribution < 1.29 is 40.3 Å². The van der Waals surface area contributed by atoms with Crippen LogP contribution in [0.4, 0.5) is 36.4 Å². The maximum atomic E-state index is 14.5. The van der Waals surface area contributed by atoms with Gasteiger partial charge in [-0.1, -0.05) is 16.8 Å². The molecular formula is C27H19ClF7N9O2. The van der Waals surface area contributed by atoms with Crippen LogP contribution in [0, 0.1) is 18.3 Å². The highest BCUT2D eigenvalue weighted by atomic mass is 35.5. The number of halogens is 8. The molecule has 46 heavy (non-hydrogen) atoms. The van der Waals surface area contributed by atoms with Crippen molar-refractivity contribution in [3.8, 4) is 11.9 Å². The van der Waals surface area contributed by atoms with Gasteiger partial charge in [-0.2, -0.15) is 36.7 Å². The van der Waals surface area contributed by atoms with Crippen LogP contribution in [0.25, 0.3) is 5.82 Å². The second-order valence-corrected chi connectivity index (χ2v) is 10.6. The number of aromatic nitrogens is 6. The third-order valence-corrected chi connectivity index (χ3v) is 7.08. The van der Waals surface area contributed by atoms with Gasteiger partial charge in [-0.15, -0.1) is 5.10 Å². The second kappa shape index (κ2) is 11.7. The molecule has 0 aliphatic heterocycles. The Balaban J connectivity index is 1.52. The number of anilines is 1. The van der Waals surface area contributed by atoms with Gasteiger partial charge in [0.05, 0.1) is 46.3 Å². The molecule has 1 fully saturated rings. The number of benzene rings is 1. The third kappa shape index (κ3) is 6.09. The number of aryl methyl sites for hydroxylation is 1. The Morgan fingerprint density at radius 1 is 1.09 bits per heavy atom. The summed E-state index contributed by atoms with van der Waals surface area (Å²) in [5, 5.41) is 25.0. The first-order valence-corrected chi connectivity index (χ1v) is 13.5. The molecule has 1 aliphatic rings. The maximum absolute atomic E-state index is 14.5. The molecule has 3 heterocycles. The van der Waals surface area contributed by atoms with E-state index in [9.17, 15) is 45.6 Å². The summed E-state index contributed by atoms with van der Waals surface area (Å²) in [6, 6.07) is 8.63. The molecule has 1 saturated carbocycles. The summed E-state index contributed by atoms with van der Waals surface area (Å²) in [7, 11) is 0. The van der Waals surface area contributed by atoms with Crippen molar-refractivity contribution in [3.63, 3.8) is 0 Å². The summed E-state index contributed by atoms with van der Waals surface area (Å²) in [5.74, 6) is -1.51. The summed E-state index contributed by atoms with van der Waals surface area (Å²) in [5.41, 5.74) is -7.72. The SMILES string of the molecule is Cc1cc(C#N)cc(C(=O)NC2CC2)c1NC(=O)c1cc(Cn2cc(C(F)(C(F)(F)F)C(F)(F)F)nn2)nn1-c1ncccc1Cl. The summed E-state index contributed by atoms with van der Waals surface area (Å²) in [6.45, 7) is 0.888. The molecule has 5 rings (SSSR count). The maximum Gasteiger partial charge on any atom is 0.437 e. The second-order valence-electron chi connectivity index (χ2n) is 10.2. The zero-order chi connectivity index (χ0) is 33.6. The number of alkyl halides is 7. The minimum atomic E-state index is -6.40. The van der Waals surface area contributed by atoms with E-state index in [-0.39, 0.29) is 51.3 Å². The van der Waals surface area contributed by atoms with Crippen LogP contribution in [0.5, 0.6) is 0 Å². The minimum Gasteiger partial charge on any atom is -0.349 e. The smallest absolute Gasteiger partial charge is 0.349 e. The first kappa shape index (κ1) is 32.3. The zero-order valence-corrected chi connectivity index (χ0v) is 24.0. The molecule has 0 spiro atoms. The number of hydrogen-bond acceptors (Lipinski definition) is 7. The molecule has 0 bridgehead atoms. The third-order valence-electron chi connectivity index (χ3n) is 6.79. The summed E-state index contributed by atoms with van der Waals surface area (Å²) in [6.07, 6.45) is -9.82. The summed E-state index contributed by atoms with van der Waals surface area (Å²) >= 11 is 6.26. The van der Waals surface area contributed by atoms with Crippen molar-refractivity contribution in [2.45, 2.75) is 50.4 Å². The molecule has 2 N–H and O–H groups in total. The lowest BCUT2D eigenvalue weighted by Crippen LogP contribution is -2.50. The van der Waals surface area contributed by atoms with E-state index < -0.39 is 42.1 Å². The number of rotatable bonds is 8. The number of pyridine rings is 1. The van der Waals surface area contributed by atoms with E-state index in [4.69, 9.17) is 11.6 Å². The van der Waals surface area contributed by atoms with E-state index in [0.717, 1.165) is 23.6 Å². The Morgan fingerprint density at radius 2 is 1.78 bits per heavy atom. The first-order chi connectivity index (χ1) is 21.5. The highest BCUT2D eigenvalue weighted by Gasteiger charge is 2.75. The number of hydrogen-bond donors (Lipinski definition) is 2. The number of amides is 2. The van der Waals surface area contributed by atoms with Crippen LogP contribution in [0.15, 0.2) is 42.7 Å². The predicted molar refractivity (Wildman–Crippen MR) is 145 cm³/mol. The molecule has 11 nitrogen and oxygen atoms in total. The lowest BCUT2D eigenvalue weighted by atomic mass is 10.0. The molecule has 0 saturated heterocycles. The van der Waals surface area contributed by atoms with Gasteiger partial charge in [0.1, 0.15) is 11.4 Å². The van der Waals surface area contributed by atoms with E-state index in [0.29, 0.717) is 10.2 Å². The van der Waals surface area contributed by atoms with Gasteiger partial charge in [-0.25, -0.2) is 18.7 Å². The fraction of sp³-hybridized carbons (Fsp3) is 0.296. The Kier molecular flexibility index (Phi) is 8.23. The van der Waals surface area contributed by atoms with Crippen LogP contribution >= 0.6 is 11.6 Å². The van der Waals surface area contributed by atoms with Crippen LogP contribution in [0.2, 0.25) is 5.02 Å². The molecule has 19 heteroatoms. The number of carbonyl (C=O) groups excluding carboxylic acids is 2. The zero-order valence-electron chi connectivity index (χ0n) is 23.2. The molecule has 1 aliphatic carbocycles. The van der Waals surface area contributed by atoms with Gasteiger partial charge in [-0.05, 0) is 55.7 Å². The molecule has 1 aromatic carbocycles. The van der Waals surface area contributed by atoms with Crippen LogP contribution < -0.4 is 10.6 Å². The number of nitriles is 1. The van der Waals surface area contributed by atoms with Crippen molar-refractivity contribution >= 4 is 29.1 Å². The van der Waals surface area contributed by atoms with Gasteiger partial charge in [0.2, 0.25) is 0 Å². The fourth-order valence-corrected chi connectivity index (χ4v) is 4.58. The van der Waals surface area contributed by atoms with Crippen molar-refractivity contribution in [1.82, 2.24) is 35.1 Å². The van der Waals surface area contributed by atoms with Crippen LogP contribution in [-0.2, 0) is 12.2 Å². The lowest BCUT2D eigenvalue weighted by Gasteiger charge is -2.27. The van der Waals surface area contributed by atoms with E-state index in [1.165, 1.54) is 30.5 Å². The van der Waals surface area contributed by atoms with Gasteiger partial charge in [0.25, 0.3) is 11.8 Å². The Hall–Kier alpha value is -5.05. The largest absolute Gasteiger partial charge is 0.437 e. The highest BCUT2D eigenvalue weighted by Crippen LogP contribution is 2.52. The van der Waals surface area contributed by atoms with Gasteiger partial charge < -0.3 is 10.6 Å². The van der Waals surface area contributed by atoms with E-state index in [2.05, 4.69) is 31.0 Å². The minimum absolute atomic E-state index is 0.00172. The number of nitrogens with one attached hydrogen (secondary N) is 2. The summed E-state index contributed by atoms with van der Waals surface area (Å²) < 4.78 is 95.1. The molecule has 2 amide bonds. The van der Waals surface area contributed by atoms with E-state index >= 15 is 0 Å². The molecule has 0 radical (unpaired) electrons. The van der Waals surface area contributed by atoms with Gasteiger partial charge in [0.15, 0.2) is 5.82 Å². The van der Waals surface area contributed by atoms with Crippen LogP contribution in [0.1, 0.15) is 56.2 Å². The average Bonchev–Trinajstić information content (AvgIpc) is 3.50. The molecule has 3 aromatic heterocycles. The monoisotopic (exact) mass is 669 g/mol. The Morgan fingerprint density at radius 3 is 2.39 bits per heavy atom. The standard InChI is InChI=1S/C27H19ClF7N9O2/c1-13-7-14(10-36)8-17(23(45)38-15-4-5-15)21(13)39-24(46)19-9-16(41-44(19)22-18(28)3-2-6-37-22)11-43-12-20(40-42-43)25(29,26(30,31)32)27(33,34)35/h2-3,6-9,12,15H,4-5,11H2,1H3,(H,38,45)(H,39,46). The number of carbonyl (C=O) groups is 2. The van der Waals surface area contributed by atoms with Gasteiger partial charge in [0, 0.05) is 12.2 Å². The summed E-state index contributed by atoms with van der Waals surface area (Å²) in [4.78, 5) is 30.8. The van der Waals surface area contributed by atoms with Crippen LogP contribution in [0.3, 0.4) is 0 Å². The normalized spacial score (nSPS) is 13.7. The Labute approximate surface area is 259 Å². The fourth-order valence-electron chi connectivity index (χ4n) is 4.38. The van der Waals surface area contributed by atoms with Gasteiger partial charge in [-0.3, -0.25) is 9.59 Å². The lowest BCUT2D eigenvalue weighted by molar-refractivity contribution is -0.350. The molecule has 240 valence electrons. The van der Waals surface area contributed by atoms with Gasteiger partial charge >= 0.3 is 18.0 Å². The van der Waals surface area contributed by atoms with Crippen molar-refractivity contribution in [1.29, 1.82) is 5.26 Å². The molecule has 4 aromatic rings.